The Morgan fingerprint density at radius 3 is 2.92 bits per heavy atom. The summed E-state index contributed by atoms with van der Waals surface area (Å²) in [5, 5.41) is 11.7. The van der Waals surface area contributed by atoms with Crippen molar-refractivity contribution in [1.82, 2.24) is 5.32 Å². The Kier molecular flexibility index (Phi) is 3.45. The molecule has 0 aromatic rings. The van der Waals surface area contributed by atoms with Gasteiger partial charge in [0, 0.05) is 24.8 Å². The Morgan fingerprint density at radius 2 is 2.46 bits per heavy atom. The molecule has 74 valence electrons. The van der Waals surface area contributed by atoms with Gasteiger partial charge in [0.1, 0.15) is 0 Å². The van der Waals surface area contributed by atoms with Crippen LogP contribution in [-0.2, 0) is 9.53 Å². The second-order valence-electron chi connectivity index (χ2n) is 3.26. The maximum absolute atomic E-state index is 10.4. The summed E-state index contributed by atoms with van der Waals surface area (Å²) < 4.78 is 5.32. The van der Waals surface area contributed by atoms with Gasteiger partial charge >= 0.3 is 5.97 Å². The standard InChI is InChI=1S/C9H15NO3/c1-6(9(11)12)5-10-8-3-4-13-7(8)2/h7-8,10H,1,3-5H2,2H3,(H,11,12). The zero-order valence-electron chi connectivity index (χ0n) is 7.75. The van der Waals surface area contributed by atoms with Crippen molar-refractivity contribution in [2.75, 3.05) is 13.2 Å². The summed E-state index contributed by atoms with van der Waals surface area (Å²) in [7, 11) is 0. The molecule has 2 atom stereocenters. The highest BCUT2D eigenvalue weighted by Crippen LogP contribution is 2.12. The highest BCUT2D eigenvalue weighted by molar-refractivity contribution is 5.86. The van der Waals surface area contributed by atoms with Gasteiger partial charge in [-0.05, 0) is 13.3 Å². The second kappa shape index (κ2) is 4.39. The molecule has 4 nitrogen and oxygen atoms in total. The molecule has 1 aliphatic rings. The van der Waals surface area contributed by atoms with E-state index in [0.29, 0.717) is 6.54 Å². The van der Waals surface area contributed by atoms with E-state index in [1.165, 1.54) is 0 Å². The number of rotatable bonds is 4. The predicted molar refractivity (Wildman–Crippen MR) is 48.6 cm³/mol. The van der Waals surface area contributed by atoms with Crippen LogP contribution < -0.4 is 5.32 Å². The lowest BCUT2D eigenvalue weighted by atomic mass is 10.1. The van der Waals surface area contributed by atoms with Crippen molar-refractivity contribution >= 4 is 5.97 Å². The number of carbonyl (C=O) groups is 1. The van der Waals surface area contributed by atoms with Gasteiger partial charge in [-0.25, -0.2) is 4.79 Å². The molecular weight excluding hydrogens is 170 g/mol. The molecule has 0 radical (unpaired) electrons. The van der Waals surface area contributed by atoms with E-state index in [-0.39, 0.29) is 17.7 Å². The van der Waals surface area contributed by atoms with Crippen LogP contribution in [0.2, 0.25) is 0 Å². The summed E-state index contributed by atoms with van der Waals surface area (Å²) in [4.78, 5) is 10.4. The smallest absolute Gasteiger partial charge is 0.332 e. The molecule has 0 saturated carbocycles. The largest absolute Gasteiger partial charge is 0.478 e. The molecular formula is C9H15NO3. The van der Waals surface area contributed by atoms with Gasteiger partial charge in [-0.2, -0.15) is 0 Å². The first-order valence-corrected chi connectivity index (χ1v) is 4.37. The first kappa shape index (κ1) is 10.2. The minimum Gasteiger partial charge on any atom is -0.478 e. The average molecular weight is 185 g/mol. The van der Waals surface area contributed by atoms with Crippen molar-refractivity contribution in [3.8, 4) is 0 Å². The molecule has 0 aromatic heterocycles. The van der Waals surface area contributed by atoms with Gasteiger partial charge in [-0.15, -0.1) is 0 Å². The summed E-state index contributed by atoms with van der Waals surface area (Å²) in [6, 6.07) is 0.260. The molecule has 4 heteroatoms. The predicted octanol–water partition coefficient (Wildman–Crippen LogP) is 0.394. The summed E-state index contributed by atoms with van der Waals surface area (Å²) in [6.45, 7) is 6.49. The summed E-state index contributed by atoms with van der Waals surface area (Å²) in [5.41, 5.74) is 0.194. The van der Waals surface area contributed by atoms with Crippen LogP contribution in [0.3, 0.4) is 0 Å². The minimum atomic E-state index is -0.945. The zero-order valence-corrected chi connectivity index (χ0v) is 7.75. The van der Waals surface area contributed by atoms with E-state index >= 15 is 0 Å². The van der Waals surface area contributed by atoms with Gasteiger partial charge in [-0.3, -0.25) is 0 Å². The normalized spacial score (nSPS) is 27.5. The fourth-order valence-corrected chi connectivity index (χ4v) is 1.33. The Balaban J connectivity index is 2.26. The zero-order chi connectivity index (χ0) is 9.84. The molecule has 13 heavy (non-hydrogen) atoms. The molecule has 1 fully saturated rings. The molecule has 0 aromatic carbocycles. The Morgan fingerprint density at radius 1 is 1.77 bits per heavy atom. The van der Waals surface area contributed by atoms with Crippen molar-refractivity contribution in [1.29, 1.82) is 0 Å². The van der Waals surface area contributed by atoms with E-state index in [1.807, 2.05) is 6.92 Å². The third-order valence-electron chi connectivity index (χ3n) is 2.26. The molecule has 0 bridgehead atoms. The van der Waals surface area contributed by atoms with Gasteiger partial charge in [0.05, 0.1) is 6.10 Å². The molecule has 0 aliphatic carbocycles. The van der Waals surface area contributed by atoms with Crippen molar-refractivity contribution in [2.45, 2.75) is 25.5 Å². The number of nitrogens with one attached hydrogen (secondary N) is 1. The maximum Gasteiger partial charge on any atom is 0.332 e. The van der Waals surface area contributed by atoms with Gasteiger partial charge in [0.25, 0.3) is 0 Å². The van der Waals surface area contributed by atoms with Crippen LogP contribution in [0.25, 0.3) is 0 Å². The van der Waals surface area contributed by atoms with Crippen LogP contribution in [0.4, 0.5) is 0 Å². The van der Waals surface area contributed by atoms with Gasteiger partial charge in [0.2, 0.25) is 0 Å². The van der Waals surface area contributed by atoms with E-state index in [9.17, 15) is 4.79 Å². The molecule has 2 N–H and O–H groups in total. The average Bonchev–Trinajstić information content (AvgIpc) is 2.47. The van der Waals surface area contributed by atoms with E-state index in [1.54, 1.807) is 0 Å². The number of ether oxygens (including phenoxy) is 1. The molecule has 0 amide bonds. The highest BCUT2D eigenvalue weighted by atomic mass is 16.5. The van der Waals surface area contributed by atoms with Crippen LogP contribution >= 0.6 is 0 Å². The quantitative estimate of drug-likeness (QED) is 0.622. The van der Waals surface area contributed by atoms with E-state index in [4.69, 9.17) is 9.84 Å². The third-order valence-corrected chi connectivity index (χ3v) is 2.26. The molecule has 1 rings (SSSR count). The van der Waals surface area contributed by atoms with Crippen LogP contribution in [0, 0.1) is 0 Å². The van der Waals surface area contributed by atoms with E-state index in [2.05, 4.69) is 11.9 Å². The lowest BCUT2D eigenvalue weighted by Crippen LogP contribution is -2.36. The van der Waals surface area contributed by atoms with Crippen LogP contribution in [0.5, 0.6) is 0 Å². The van der Waals surface area contributed by atoms with Crippen LogP contribution in [-0.4, -0.2) is 36.4 Å². The fourth-order valence-electron chi connectivity index (χ4n) is 1.33. The van der Waals surface area contributed by atoms with Crippen molar-refractivity contribution < 1.29 is 14.6 Å². The molecule has 0 spiro atoms. The topological polar surface area (TPSA) is 58.6 Å². The third kappa shape index (κ3) is 2.82. The van der Waals surface area contributed by atoms with Crippen LogP contribution in [0.15, 0.2) is 12.2 Å². The Bertz CT molecular complexity index is 215. The van der Waals surface area contributed by atoms with Crippen molar-refractivity contribution in [3.05, 3.63) is 12.2 Å². The molecule has 1 aliphatic heterocycles. The summed E-state index contributed by atoms with van der Waals surface area (Å²) in [6.07, 6.45) is 1.11. The van der Waals surface area contributed by atoms with Crippen molar-refractivity contribution in [2.24, 2.45) is 0 Å². The maximum atomic E-state index is 10.4. The number of aliphatic carboxylic acids is 1. The van der Waals surface area contributed by atoms with Gasteiger partial charge < -0.3 is 15.2 Å². The minimum absolute atomic E-state index is 0.168. The summed E-state index contributed by atoms with van der Waals surface area (Å²) >= 11 is 0. The first-order valence-electron chi connectivity index (χ1n) is 4.37. The number of hydrogen-bond acceptors (Lipinski definition) is 3. The molecule has 1 saturated heterocycles. The van der Waals surface area contributed by atoms with Crippen LogP contribution in [0.1, 0.15) is 13.3 Å². The summed E-state index contributed by atoms with van der Waals surface area (Å²) in [5.74, 6) is -0.945. The SMILES string of the molecule is C=C(CNC1CCOC1C)C(=O)O. The molecule has 1 heterocycles. The van der Waals surface area contributed by atoms with Gasteiger partial charge in [0.15, 0.2) is 0 Å². The Hall–Kier alpha value is -0.870. The van der Waals surface area contributed by atoms with Gasteiger partial charge in [-0.1, -0.05) is 6.58 Å². The first-order chi connectivity index (χ1) is 6.11. The number of carboxylic acids is 1. The number of hydrogen-bond donors (Lipinski definition) is 2. The fraction of sp³-hybridized carbons (Fsp3) is 0.667. The second-order valence-corrected chi connectivity index (χ2v) is 3.26. The van der Waals surface area contributed by atoms with E-state index in [0.717, 1.165) is 13.0 Å². The Labute approximate surface area is 77.6 Å². The lowest BCUT2D eigenvalue weighted by Gasteiger charge is -2.15. The van der Waals surface area contributed by atoms with Crippen molar-refractivity contribution in [3.63, 3.8) is 0 Å². The number of carboxylic acid groups (broad SMARTS) is 1. The lowest BCUT2D eigenvalue weighted by molar-refractivity contribution is -0.132. The monoisotopic (exact) mass is 185 g/mol. The molecule has 2 unspecified atom stereocenters. The highest BCUT2D eigenvalue weighted by Gasteiger charge is 2.23. The van der Waals surface area contributed by atoms with E-state index < -0.39 is 5.97 Å².